The molecule has 0 aliphatic rings. The van der Waals surface area contributed by atoms with Crippen LogP contribution in [0.25, 0.3) is 0 Å². The van der Waals surface area contributed by atoms with Crippen molar-refractivity contribution in [1.82, 2.24) is 10.7 Å². The smallest absolute Gasteiger partial charge is 0.262 e. The van der Waals surface area contributed by atoms with Gasteiger partial charge in [-0.1, -0.05) is 67.9 Å². The summed E-state index contributed by atoms with van der Waals surface area (Å²) in [4.78, 5) is 25.1. The highest BCUT2D eigenvalue weighted by atomic mass is 19.1. The van der Waals surface area contributed by atoms with Crippen LogP contribution in [-0.4, -0.2) is 24.1 Å². The van der Waals surface area contributed by atoms with Crippen LogP contribution in [-0.2, 0) is 11.4 Å². The molecule has 1 unspecified atom stereocenters. The minimum absolute atomic E-state index is 0.121. The van der Waals surface area contributed by atoms with E-state index in [0.29, 0.717) is 17.9 Å². The second-order valence-electron chi connectivity index (χ2n) is 8.22. The van der Waals surface area contributed by atoms with Crippen LogP contribution in [0.3, 0.4) is 0 Å². The van der Waals surface area contributed by atoms with Crippen molar-refractivity contribution in [3.05, 3.63) is 101 Å². The van der Waals surface area contributed by atoms with Gasteiger partial charge in [-0.2, -0.15) is 5.10 Å². The molecule has 0 aliphatic carbocycles. The number of ether oxygens (including phenoxy) is 1. The number of nitrogens with one attached hydrogen (secondary N) is 2. The lowest BCUT2D eigenvalue weighted by atomic mass is 10.0. The number of hydrogen-bond donors (Lipinski definition) is 2. The number of carbonyl (C=O) groups is 2. The maximum absolute atomic E-state index is 13.9. The fourth-order valence-corrected chi connectivity index (χ4v) is 3.20. The number of carbonyl (C=O) groups excluding carboxylic acids is 2. The molecule has 2 amide bonds. The molecular formula is C27H28FN3O3. The van der Waals surface area contributed by atoms with Gasteiger partial charge in [0.25, 0.3) is 11.8 Å². The molecule has 6 nitrogen and oxygen atoms in total. The van der Waals surface area contributed by atoms with Gasteiger partial charge in [0, 0.05) is 5.56 Å². The van der Waals surface area contributed by atoms with Gasteiger partial charge < -0.3 is 10.1 Å². The molecule has 3 rings (SSSR count). The van der Waals surface area contributed by atoms with Gasteiger partial charge in [-0.15, -0.1) is 0 Å². The van der Waals surface area contributed by atoms with E-state index < -0.39 is 23.7 Å². The van der Waals surface area contributed by atoms with Crippen LogP contribution in [0, 0.1) is 18.7 Å². The van der Waals surface area contributed by atoms with Gasteiger partial charge in [0.15, 0.2) is 0 Å². The van der Waals surface area contributed by atoms with Crippen LogP contribution >= 0.6 is 0 Å². The van der Waals surface area contributed by atoms with E-state index in [2.05, 4.69) is 15.8 Å². The van der Waals surface area contributed by atoms with E-state index >= 15 is 0 Å². The molecule has 3 aromatic carbocycles. The first kappa shape index (κ1) is 24.6. The Bertz CT molecular complexity index is 1160. The Labute approximate surface area is 198 Å². The van der Waals surface area contributed by atoms with Crippen LogP contribution in [0.4, 0.5) is 4.39 Å². The van der Waals surface area contributed by atoms with Crippen LogP contribution < -0.4 is 15.5 Å². The molecule has 34 heavy (non-hydrogen) atoms. The summed E-state index contributed by atoms with van der Waals surface area (Å²) in [5.74, 6) is -1.44. The second-order valence-corrected chi connectivity index (χ2v) is 8.22. The fourth-order valence-electron chi connectivity index (χ4n) is 3.20. The normalized spacial score (nSPS) is 11.9. The molecule has 0 bridgehead atoms. The Hall–Kier alpha value is -4.00. The highest BCUT2D eigenvalue weighted by Crippen LogP contribution is 2.18. The number of aryl methyl sites for hydroxylation is 1. The molecule has 0 radical (unpaired) electrons. The standard InChI is InChI=1S/C27H28FN3O3/c1-18(2)25(30-26(32)22-9-5-6-10-23(22)28)27(33)31-29-16-21-8-4-7-11-24(21)34-17-20-14-12-19(3)13-15-20/h4-16,18,25H,17H2,1-3H3,(H,30,32)(H,31,33). The number of hydrazone groups is 1. The summed E-state index contributed by atoms with van der Waals surface area (Å²) < 4.78 is 19.8. The molecule has 0 saturated heterocycles. The molecule has 1 atom stereocenters. The highest BCUT2D eigenvalue weighted by Gasteiger charge is 2.25. The largest absolute Gasteiger partial charge is 0.488 e. The molecule has 3 aromatic rings. The van der Waals surface area contributed by atoms with Gasteiger partial charge in [-0.05, 0) is 42.7 Å². The molecule has 0 heterocycles. The van der Waals surface area contributed by atoms with Gasteiger partial charge in [0.05, 0.1) is 11.8 Å². The third kappa shape index (κ3) is 6.75. The molecule has 2 N–H and O–H groups in total. The Morgan fingerprint density at radius 1 is 1.00 bits per heavy atom. The zero-order valence-electron chi connectivity index (χ0n) is 19.4. The summed E-state index contributed by atoms with van der Waals surface area (Å²) in [6.45, 7) is 5.99. The molecule has 0 fully saturated rings. The van der Waals surface area contributed by atoms with E-state index in [4.69, 9.17) is 4.74 Å². The van der Waals surface area contributed by atoms with Crippen molar-refractivity contribution in [3.8, 4) is 5.75 Å². The number of amides is 2. The van der Waals surface area contributed by atoms with Crippen molar-refractivity contribution < 1.29 is 18.7 Å². The third-order valence-corrected chi connectivity index (χ3v) is 5.17. The minimum Gasteiger partial charge on any atom is -0.488 e. The number of para-hydroxylation sites is 1. The Morgan fingerprint density at radius 2 is 1.68 bits per heavy atom. The number of hydrogen-bond acceptors (Lipinski definition) is 4. The van der Waals surface area contributed by atoms with E-state index in [1.807, 2.05) is 55.5 Å². The summed E-state index contributed by atoms with van der Waals surface area (Å²) in [7, 11) is 0. The van der Waals surface area contributed by atoms with Gasteiger partial charge in [-0.25, -0.2) is 9.82 Å². The van der Waals surface area contributed by atoms with Crippen LogP contribution in [0.2, 0.25) is 0 Å². The average molecular weight is 462 g/mol. The zero-order chi connectivity index (χ0) is 24.5. The van der Waals surface area contributed by atoms with Crippen molar-refractivity contribution in [2.24, 2.45) is 11.0 Å². The monoisotopic (exact) mass is 461 g/mol. The molecule has 176 valence electrons. The summed E-state index contributed by atoms with van der Waals surface area (Å²) in [5, 5.41) is 6.63. The van der Waals surface area contributed by atoms with Crippen LogP contribution in [0.1, 0.15) is 40.9 Å². The van der Waals surface area contributed by atoms with E-state index in [9.17, 15) is 14.0 Å². The molecule has 7 heteroatoms. The average Bonchev–Trinajstić information content (AvgIpc) is 2.82. The molecule has 0 spiro atoms. The third-order valence-electron chi connectivity index (χ3n) is 5.17. The predicted octanol–water partition coefficient (Wildman–Crippen LogP) is 4.62. The van der Waals surface area contributed by atoms with Gasteiger partial charge in [-0.3, -0.25) is 9.59 Å². The molecular weight excluding hydrogens is 433 g/mol. The minimum atomic E-state index is -0.891. The topological polar surface area (TPSA) is 79.8 Å². The van der Waals surface area contributed by atoms with E-state index in [1.54, 1.807) is 19.9 Å². The van der Waals surface area contributed by atoms with E-state index in [1.165, 1.54) is 30.0 Å². The first-order chi connectivity index (χ1) is 16.3. The van der Waals surface area contributed by atoms with E-state index in [-0.39, 0.29) is 11.5 Å². The Morgan fingerprint density at radius 3 is 2.38 bits per heavy atom. The SMILES string of the molecule is Cc1ccc(COc2ccccc2C=NNC(=O)C(NC(=O)c2ccccc2F)C(C)C)cc1. The van der Waals surface area contributed by atoms with Crippen LogP contribution in [0.15, 0.2) is 77.9 Å². The number of halogens is 1. The first-order valence-corrected chi connectivity index (χ1v) is 11.0. The summed E-state index contributed by atoms with van der Waals surface area (Å²) in [6, 6.07) is 20.1. The lowest BCUT2D eigenvalue weighted by Gasteiger charge is -2.20. The maximum Gasteiger partial charge on any atom is 0.262 e. The molecule has 0 saturated carbocycles. The van der Waals surface area contributed by atoms with Crippen molar-refractivity contribution in [1.29, 1.82) is 0 Å². The van der Waals surface area contributed by atoms with Crippen molar-refractivity contribution >= 4 is 18.0 Å². The van der Waals surface area contributed by atoms with Gasteiger partial charge >= 0.3 is 0 Å². The quantitative estimate of drug-likeness (QED) is 0.361. The summed E-state index contributed by atoms with van der Waals surface area (Å²) in [6.07, 6.45) is 1.48. The van der Waals surface area contributed by atoms with Crippen LogP contribution in [0.5, 0.6) is 5.75 Å². The lowest BCUT2D eigenvalue weighted by molar-refractivity contribution is -0.123. The second kappa shape index (κ2) is 11.7. The zero-order valence-corrected chi connectivity index (χ0v) is 19.4. The predicted molar refractivity (Wildman–Crippen MR) is 130 cm³/mol. The lowest BCUT2D eigenvalue weighted by Crippen LogP contribution is -2.48. The highest BCUT2D eigenvalue weighted by molar-refractivity contribution is 5.98. The van der Waals surface area contributed by atoms with Crippen molar-refractivity contribution in [2.45, 2.75) is 33.4 Å². The van der Waals surface area contributed by atoms with E-state index in [0.717, 1.165) is 5.56 Å². The number of benzene rings is 3. The first-order valence-electron chi connectivity index (χ1n) is 11.0. The summed E-state index contributed by atoms with van der Waals surface area (Å²) >= 11 is 0. The van der Waals surface area contributed by atoms with Gasteiger partial charge in [0.1, 0.15) is 24.2 Å². The number of nitrogens with zero attached hydrogens (tertiary/aromatic N) is 1. The fraction of sp³-hybridized carbons (Fsp3) is 0.222. The molecule has 0 aromatic heterocycles. The van der Waals surface area contributed by atoms with Crippen molar-refractivity contribution in [3.63, 3.8) is 0 Å². The summed E-state index contributed by atoms with van der Waals surface area (Å²) in [5.41, 5.74) is 5.24. The molecule has 0 aliphatic heterocycles. The number of rotatable bonds is 9. The Kier molecular flexibility index (Phi) is 8.51. The van der Waals surface area contributed by atoms with Crippen molar-refractivity contribution in [2.75, 3.05) is 0 Å². The van der Waals surface area contributed by atoms with Gasteiger partial charge in [0.2, 0.25) is 0 Å². The maximum atomic E-state index is 13.9. The Balaban J connectivity index is 1.63.